The van der Waals surface area contributed by atoms with Gasteiger partial charge < -0.3 is 14.9 Å². The molecular formula is C11H18N2O3. The Morgan fingerprint density at radius 2 is 2.00 bits per heavy atom. The van der Waals surface area contributed by atoms with E-state index in [4.69, 9.17) is 0 Å². The lowest BCUT2D eigenvalue weighted by atomic mass is 10.1. The Kier molecular flexibility index (Phi) is 3.43. The van der Waals surface area contributed by atoms with Gasteiger partial charge in [-0.25, -0.2) is 0 Å². The molecular weight excluding hydrogens is 208 g/mol. The van der Waals surface area contributed by atoms with Crippen molar-refractivity contribution >= 4 is 11.8 Å². The van der Waals surface area contributed by atoms with Crippen LogP contribution in [0.2, 0.25) is 0 Å². The standard InChI is InChI=1S/C11H18N2O3/c14-9-3-6-12(7-4-9)11(16)8-13-5-1-2-10(13)15/h9,14H,1-8H2. The van der Waals surface area contributed by atoms with E-state index in [2.05, 4.69) is 0 Å². The number of likely N-dealkylation sites (tertiary alicyclic amines) is 2. The molecule has 2 saturated heterocycles. The Balaban J connectivity index is 1.81. The summed E-state index contributed by atoms with van der Waals surface area (Å²) in [5, 5.41) is 9.33. The van der Waals surface area contributed by atoms with E-state index in [9.17, 15) is 14.7 Å². The Hall–Kier alpha value is -1.10. The van der Waals surface area contributed by atoms with Crippen molar-refractivity contribution in [3.05, 3.63) is 0 Å². The molecule has 0 saturated carbocycles. The summed E-state index contributed by atoms with van der Waals surface area (Å²) in [6, 6.07) is 0. The van der Waals surface area contributed by atoms with Gasteiger partial charge in [0.1, 0.15) is 0 Å². The molecule has 2 heterocycles. The normalized spacial score (nSPS) is 22.9. The molecule has 90 valence electrons. The van der Waals surface area contributed by atoms with Crippen LogP contribution >= 0.6 is 0 Å². The highest BCUT2D eigenvalue weighted by atomic mass is 16.3. The molecule has 0 aromatic carbocycles. The fraction of sp³-hybridized carbons (Fsp3) is 0.818. The van der Waals surface area contributed by atoms with E-state index in [1.807, 2.05) is 0 Å². The Morgan fingerprint density at radius 3 is 2.56 bits per heavy atom. The van der Waals surface area contributed by atoms with Crippen molar-refractivity contribution in [1.29, 1.82) is 0 Å². The number of nitrogens with zero attached hydrogens (tertiary/aromatic N) is 2. The highest BCUT2D eigenvalue weighted by molar-refractivity contribution is 5.85. The second-order valence-electron chi connectivity index (χ2n) is 4.53. The van der Waals surface area contributed by atoms with Crippen LogP contribution in [0.1, 0.15) is 25.7 Å². The molecule has 5 heteroatoms. The summed E-state index contributed by atoms with van der Waals surface area (Å²) in [6.45, 7) is 2.15. The SMILES string of the molecule is O=C(CN1CCCC1=O)N1CCC(O)CC1. The zero-order chi connectivity index (χ0) is 11.5. The number of rotatable bonds is 2. The predicted molar refractivity (Wildman–Crippen MR) is 57.6 cm³/mol. The average Bonchev–Trinajstić information content (AvgIpc) is 2.65. The van der Waals surface area contributed by atoms with Crippen molar-refractivity contribution in [2.24, 2.45) is 0 Å². The molecule has 2 aliphatic rings. The first-order valence-corrected chi connectivity index (χ1v) is 5.90. The van der Waals surface area contributed by atoms with Gasteiger partial charge in [0, 0.05) is 26.1 Å². The topological polar surface area (TPSA) is 60.9 Å². The summed E-state index contributed by atoms with van der Waals surface area (Å²) >= 11 is 0. The zero-order valence-corrected chi connectivity index (χ0v) is 9.39. The monoisotopic (exact) mass is 226 g/mol. The third-order valence-electron chi connectivity index (χ3n) is 3.31. The molecule has 2 aliphatic heterocycles. The number of hydrogen-bond acceptors (Lipinski definition) is 3. The third-order valence-corrected chi connectivity index (χ3v) is 3.31. The van der Waals surface area contributed by atoms with Crippen molar-refractivity contribution < 1.29 is 14.7 Å². The summed E-state index contributed by atoms with van der Waals surface area (Å²) in [7, 11) is 0. The van der Waals surface area contributed by atoms with Gasteiger partial charge in [-0.1, -0.05) is 0 Å². The van der Waals surface area contributed by atoms with Crippen LogP contribution in [0, 0.1) is 0 Å². The van der Waals surface area contributed by atoms with Crippen molar-refractivity contribution in [2.75, 3.05) is 26.2 Å². The van der Waals surface area contributed by atoms with Gasteiger partial charge in [-0.15, -0.1) is 0 Å². The average molecular weight is 226 g/mol. The molecule has 2 fully saturated rings. The smallest absolute Gasteiger partial charge is 0.242 e. The Morgan fingerprint density at radius 1 is 1.31 bits per heavy atom. The second kappa shape index (κ2) is 4.82. The molecule has 0 aromatic rings. The molecule has 2 amide bonds. The zero-order valence-electron chi connectivity index (χ0n) is 9.39. The van der Waals surface area contributed by atoms with E-state index < -0.39 is 0 Å². The molecule has 5 nitrogen and oxygen atoms in total. The molecule has 0 aromatic heterocycles. The molecule has 0 bridgehead atoms. The van der Waals surface area contributed by atoms with Crippen LogP contribution in [0.15, 0.2) is 0 Å². The van der Waals surface area contributed by atoms with Gasteiger partial charge in [0.25, 0.3) is 0 Å². The van der Waals surface area contributed by atoms with Crippen LogP contribution < -0.4 is 0 Å². The minimum Gasteiger partial charge on any atom is -0.393 e. The highest BCUT2D eigenvalue weighted by Crippen LogP contribution is 2.13. The number of piperidine rings is 1. The van der Waals surface area contributed by atoms with Crippen LogP contribution in [-0.4, -0.2) is 59.0 Å². The Bertz CT molecular complexity index is 285. The summed E-state index contributed by atoms with van der Waals surface area (Å²) in [4.78, 5) is 26.6. The van der Waals surface area contributed by atoms with Crippen LogP contribution in [0.5, 0.6) is 0 Å². The quantitative estimate of drug-likeness (QED) is 0.696. The van der Waals surface area contributed by atoms with Gasteiger partial charge in [-0.3, -0.25) is 9.59 Å². The number of carbonyl (C=O) groups is 2. The molecule has 0 spiro atoms. The molecule has 0 aliphatic carbocycles. The molecule has 16 heavy (non-hydrogen) atoms. The molecule has 0 unspecified atom stereocenters. The van der Waals surface area contributed by atoms with Gasteiger partial charge >= 0.3 is 0 Å². The molecule has 1 N–H and O–H groups in total. The van der Waals surface area contributed by atoms with Crippen molar-refractivity contribution in [3.8, 4) is 0 Å². The van der Waals surface area contributed by atoms with E-state index in [1.165, 1.54) is 0 Å². The summed E-state index contributed by atoms with van der Waals surface area (Å²) in [6.07, 6.45) is 2.48. The molecule has 0 radical (unpaired) electrons. The molecule has 0 atom stereocenters. The lowest BCUT2D eigenvalue weighted by molar-refractivity contribution is -0.139. The van der Waals surface area contributed by atoms with Gasteiger partial charge in [-0.05, 0) is 19.3 Å². The molecule has 2 rings (SSSR count). The van der Waals surface area contributed by atoms with Gasteiger partial charge in [0.15, 0.2) is 0 Å². The van der Waals surface area contributed by atoms with Crippen LogP contribution in [0.3, 0.4) is 0 Å². The first-order valence-electron chi connectivity index (χ1n) is 5.90. The number of aliphatic hydroxyl groups is 1. The second-order valence-corrected chi connectivity index (χ2v) is 4.53. The fourth-order valence-corrected chi connectivity index (χ4v) is 2.25. The minimum atomic E-state index is -0.266. The van der Waals surface area contributed by atoms with Gasteiger partial charge in [0.05, 0.1) is 12.6 Å². The van der Waals surface area contributed by atoms with Crippen molar-refractivity contribution in [1.82, 2.24) is 9.80 Å². The number of hydrogen-bond donors (Lipinski definition) is 1. The largest absolute Gasteiger partial charge is 0.393 e. The summed E-state index contributed by atoms with van der Waals surface area (Å²) in [5.74, 6) is 0.104. The van der Waals surface area contributed by atoms with E-state index >= 15 is 0 Å². The number of aliphatic hydroxyl groups excluding tert-OH is 1. The van der Waals surface area contributed by atoms with Gasteiger partial charge in [0.2, 0.25) is 11.8 Å². The lowest BCUT2D eigenvalue weighted by Crippen LogP contribution is -2.45. The maximum Gasteiger partial charge on any atom is 0.242 e. The number of amides is 2. The van der Waals surface area contributed by atoms with E-state index in [-0.39, 0.29) is 24.5 Å². The summed E-state index contributed by atoms with van der Waals surface area (Å²) in [5.41, 5.74) is 0. The fourth-order valence-electron chi connectivity index (χ4n) is 2.25. The van der Waals surface area contributed by atoms with E-state index in [0.717, 1.165) is 6.42 Å². The van der Waals surface area contributed by atoms with Crippen LogP contribution in [-0.2, 0) is 9.59 Å². The van der Waals surface area contributed by atoms with Crippen LogP contribution in [0.4, 0.5) is 0 Å². The predicted octanol–water partition coefficient (Wildman–Crippen LogP) is -0.408. The first-order chi connectivity index (χ1) is 7.66. The lowest BCUT2D eigenvalue weighted by Gasteiger charge is -2.30. The Labute approximate surface area is 95.0 Å². The van der Waals surface area contributed by atoms with Gasteiger partial charge in [-0.2, -0.15) is 0 Å². The van der Waals surface area contributed by atoms with E-state index in [0.29, 0.717) is 38.9 Å². The van der Waals surface area contributed by atoms with Crippen molar-refractivity contribution in [2.45, 2.75) is 31.8 Å². The van der Waals surface area contributed by atoms with E-state index in [1.54, 1.807) is 9.80 Å². The highest BCUT2D eigenvalue weighted by Gasteiger charge is 2.26. The van der Waals surface area contributed by atoms with Crippen molar-refractivity contribution in [3.63, 3.8) is 0 Å². The van der Waals surface area contributed by atoms with Crippen LogP contribution in [0.25, 0.3) is 0 Å². The number of carbonyl (C=O) groups excluding carboxylic acids is 2. The minimum absolute atomic E-state index is 0.0159. The first kappa shape index (κ1) is 11.4. The maximum absolute atomic E-state index is 11.9. The third kappa shape index (κ3) is 2.52. The summed E-state index contributed by atoms with van der Waals surface area (Å²) < 4.78 is 0. The maximum atomic E-state index is 11.9.